The molecule has 9 heteroatoms. The fraction of sp³-hybridized carbons (Fsp3) is 0.250. The second-order valence-electron chi connectivity index (χ2n) is 7.69. The minimum absolute atomic E-state index is 0.0429. The summed E-state index contributed by atoms with van der Waals surface area (Å²) in [5.74, 6) is 6.99. The Morgan fingerprint density at radius 3 is 2.61 bits per heavy atom. The molecule has 1 aliphatic rings. The average Bonchev–Trinajstić information content (AvgIpc) is 2.82. The number of likely N-dealkylation sites (N-methyl/N-ethyl adjacent to an activating group) is 1. The van der Waals surface area contributed by atoms with Gasteiger partial charge in [-0.05, 0) is 32.0 Å². The van der Waals surface area contributed by atoms with E-state index in [1.165, 1.54) is 6.33 Å². The third-order valence-electron chi connectivity index (χ3n) is 5.35. The Hall–Kier alpha value is -3.61. The van der Waals surface area contributed by atoms with Crippen LogP contribution in [0.4, 0.5) is 11.5 Å². The number of hydrogen-bond acceptors (Lipinski definition) is 7. The third-order valence-corrected chi connectivity index (χ3v) is 6.46. The topological polar surface area (TPSA) is 97.3 Å². The van der Waals surface area contributed by atoms with Gasteiger partial charge in [-0.1, -0.05) is 30.0 Å². The largest absolute Gasteiger partial charge is 0.588 e. The maximum Gasteiger partial charge on any atom is 0.241 e. The van der Waals surface area contributed by atoms with Gasteiger partial charge in [-0.15, -0.1) is 0 Å². The van der Waals surface area contributed by atoms with Crippen molar-refractivity contribution in [1.82, 2.24) is 19.9 Å². The standard InChI is InChI=1S/C24H24N6O2S/c1-17-21(24(27-16-26-17)30-12-11-29(3)23(31)15-30)10-9-19-13-22(18(2)25-14-19)28-33(32)20-7-5-4-6-8-20/h4-8,13-14,16,28H,11-12,15H2,1-3H3. The first-order valence-electron chi connectivity index (χ1n) is 10.4. The molecule has 1 aliphatic heterocycles. The maximum absolute atomic E-state index is 12.7. The predicted octanol–water partition coefficient (Wildman–Crippen LogP) is 2.30. The molecule has 0 aliphatic carbocycles. The van der Waals surface area contributed by atoms with Crippen molar-refractivity contribution in [2.75, 3.05) is 36.3 Å². The molecule has 1 fully saturated rings. The number of rotatable bonds is 4. The summed E-state index contributed by atoms with van der Waals surface area (Å²) in [6.07, 6.45) is 3.17. The van der Waals surface area contributed by atoms with E-state index in [9.17, 15) is 9.35 Å². The molecule has 1 saturated heterocycles. The number of carbonyl (C=O) groups excluding carboxylic acids is 1. The van der Waals surface area contributed by atoms with E-state index < -0.39 is 11.4 Å². The van der Waals surface area contributed by atoms with Gasteiger partial charge in [-0.25, -0.2) is 14.7 Å². The van der Waals surface area contributed by atoms with Crippen LogP contribution < -0.4 is 9.62 Å². The number of aromatic nitrogens is 3. The summed E-state index contributed by atoms with van der Waals surface area (Å²) in [5, 5.41) is 0. The molecule has 1 atom stereocenters. The Bertz CT molecular complexity index is 1220. The van der Waals surface area contributed by atoms with E-state index in [0.29, 0.717) is 40.6 Å². The van der Waals surface area contributed by atoms with E-state index in [4.69, 9.17) is 0 Å². The van der Waals surface area contributed by atoms with Crippen LogP contribution in [0.25, 0.3) is 0 Å². The zero-order chi connectivity index (χ0) is 23.4. The van der Waals surface area contributed by atoms with Gasteiger partial charge in [-0.2, -0.15) is 0 Å². The highest BCUT2D eigenvalue weighted by Crippen LogP contribution is 2.22. The SMILES string of the molecule is Cc1ncc(C#Cc2c(C)ncnc2N2CCN(C)C(=O)C2)cc1N[S+]([O-])c1ccccc1. The molecule has 1 unspecified atom stereocenters. The number of aryl methyl sites for hydroxylation is 2. The van der Waals surface area contributed by atoms with E-state index >= 15 is 0 Å². The van der Waals surface area contributed by atoms with Crippen molar-refractivity contribution in [3.8, 4) is 11.8 Å². The molecule has 0 radical (unpaired) electrons. The van der Waals surface area contributed by atoms with Crippen molar-refractivity contribution < 1.29 is 9.35 Å². The van der Waals surface area contributed by atoms with Gasteiger partial charge in [0, 0.05) is 31.9 Å². The lowest BCUT2D eigenvalue weighted by atomic mass is 10.1. The summed E-state index contributed by atoms with van der Waals surface area (Å²) in [6, 6.07) is 11.0. The first kappa shape index (κ1) is 22.6. The van der Waals surface area contributed by atoms with Crippen molar-refractivity contribution in [2.45, 2.75) is 18.7 Å². The van der Waals surface area contributed by atoms with Gasteiger partial charge < -0.3 is 14.4 Å². The van der Waals surface area contributed by atoms with Gasteiger partial charge >= 0.3 is 0 Å². The Balaban J connectivity index is 1.60. The zero-order valence-corrected chi connectivity index (χ0v) is 19.5. The van der Waals surface area contributed by atoms with Gasteiger partial charge in [0.1, 0.15) is 29.2 Å². The minimum atomic E-state index is -1.41. The van der Waals surface area contributed by atoms with Crippen LogP contribution in [0, 0.1) is 25.7 Å². The molecule has 1 amide bonds. The smallest absolute Gasteiger partial charge is 0.241 e. The van der Waals surface area contributed by atoms with Gasteiger partial charge in [0.15, 0.2) is 4.90 Å². The monoisotopic (exact) mass is 460 g/mol. The average molecular weight is 461 g/mol. The number of carbonyl (C=O) groups is 1. The minimum Gasteiger partial charge on any atom is -0.588 e. The van der Waals surface area contributed by atoms with Gasteiger partial charge in [0.25, 0.3) is 0 Å². The fourth-order valence-corrected chi connectivity index (χ4v) is 4.26. The van der Waals surface area contributed by atoms with Crippen molar-refractivity contribution in [3.05, 3.63) is 71.4 Å². The number of amides is 1. The second kappa shape index (κ2) is 9.90. The molecule has 0 bridgehead atoms. The van der Waals surface area contributed by atoms with Crippen LogP contribution in [0.1, 0.15) is 22.5 Å². The summed E-state index contributed by atoms with van der Waals surface area (Å²) in [4.78, 5) is 29.6. The number of hydrogen-bond donors (Lipinski definition) is 1. The van der Waals surface area contributed by atoms with E-state index in [2.05, 4.69) is 31.5 Å². The Labute approximate surface area is 196 Å². The highest BCUT2D eigenvalue weighted by Gasteiger charge is 2.24. The number of anilines is 2. The quantitative estimate of drug-likeness (QED) is 0.471. The Kier molecular flexibility index (Phi) is 6.77. The Morgan fingerprint density at radius 1 is 1.06 bits per heavy atom. The molecule has 1 aromatic carbocycles. The molecule has 33 heavy (non-hydrogen) atoms. The lowest BCUT2D eigenvalue weighted by Gasteiger charge is -2.33. The summed E-state index contributed by atoms with van der Waals surface area (Å²) >= 11 is -1.41. The van der Waals surface area contributed by atoms with Gasteiger partial charge in [0.2, 0.25) is 5.91 Å². The van der Waals surface area contributed by atoms with Crippen molar-refractivity contribution in [3.63, 3.8) is 0 Å². The molecule has 3 heterocycles. The van der Waals surface area contributed by atoms with E-state index in [0.717, 1.165) is 11.4 Å². The van der Waals surface area contributed by atoms with Crippen LogP contribution >= 0.6 is 0 Å². The molecular weight excluding hydrogens is 436 g/mol. The third kappa shape index (κ3) is 5.25. The molecule has 2 aromatic heterocycles. The van der Waals surface area contributed by atoms with E-state index in [1.807, 2.05) is 43.0 Å². The molecule has 8 nitrogen and oxygen atoms in total. The summed E-state index contributed by atoms with van der Waals surface area (Å²) < 4.78 is 15.7. The van der Waals surface area contributed by atoms with Crippen LogP contribution in [-0.2, 0) is 16.2 Å². The van der Waals surface area contributed by atoms with Gasteiger partial charge in [0.05, 0.1) is 23.5 Å². The van der Waals surface area contributed by atoms with Crippen LogP contribution in [0.2, 0.25) is 0 Å². The van der Waals surface area contributed by atoms with Crippen LogP contribution in [0.5, 0.6) is 0 Å². The lowest BCUT2D eigenvalue weighted by molar-refractivity contribution is -0.129. The number of benzene rings is 1. The number of nitrogens with one attached hydrogen (secondary N) is 1. The molecule has 4 rings (SSSR count). The molecule has 3 aromatic rings. The van der Waals surface area contributed by atoms with E-state index in [1.54, 1.807) is 30.3 Å². The van der Waals surface area contributed by atoms with Crippen LogP contribution in [0.3, 0.4) is 0 Å². The van der Waals surface area contributed by atoms with Crippen molar-refractivity contribution in [1.29, 1.82) is 0 Å². The first-order chi connectivity index (χ1) is 15.9. The van der Waals surface area contributed by atoms with Crippen molar-refractivity contribution >= 4 is 28.8 Å². The molecular formula is C24H24N6O2S. The lowest BCUT2D eigenvalue weighted by Crippen LogP contribution is -2.49. The van der Waals surface area contributed by atoms with Crippen LogP contribution in [0.15, 0.2) is 53.8 Å². The fourth-order valence-electron chi connectivity index (χ4n) is 3.33. The number of piperazine rings is 1. The zero-order valence-electron chi connectivity index (χ0n) is 18.7. The number of nitrogens with zero attached hydrogens (tertiary/aromatic N) is 5. The predicted molar refractivity (Wildman–Crippen MR) is 128 cm³/mol. The second-order valence-corrected chi connectivity index (χ2v) is 8.90. The molecule has 1 N–H and O–H groups in total. The Morgan fingerprint density at radius 2 is 1.85 bits per heavy atom. The maximum atomic E-state index is 12.7. The summed E-state index contributed by atoms with van der Waals surface area (Å²) in [7, 11) is 1.80. The van der Waals surface area contributed by atoms with E-state index in [-0.39, 0.29) is 12.5 Å². The summed E-state index contributed by atoms with van der Waals surface area (Å²) in [6.45, 7) is 5.28. The van der Waals surface area contributed by atoms with Crippen molar-refractivity contribution in [2.24, 2.45) is 0 Å². The highest BCUT2D eigenvalue weighted by atomic mass is 32.2. The van der Waals surface area contributed by atoms with Gasteiger partial charge in [-0.3, -0.25) is 9.78 Å². The number of pyridine rings is 1. The molecule has 168 valence electrons. The van der Waals surface area contributed by atoms with Crippen LogP contribution in [-0.4, -0.2) is 57.0 Å². The summed E-state index contributed by atoms with van der Waals surface area (Å²) in [5.41, 5.74) is 3.45. The first-order valence-corrected chi connectivity index (χ1v) is 11.6. The normalized spacial score (nSPS) is 14.5. The molecule has 0 spiro atoms. The highest BCUT2D eigenvalue weighted by molar-refractivity contribution is 7.92. The molecule has 0 saturated carbocycles.